The number of benzene rings is 1. The zero-order valence-electron chi connectivity index (χ0n) is 13.5. The van der Waals surface area contributed by atoms with Gasteiger partial charge in [0.2, 0.25) is 5.91 Å². The summed E-state index contributed by atoms with van der Waals surface area (Å²) in [5, 5.41) is 9.72. The maximum atomic E-state index is 12.5. The van der Waals surface area contributed by atoms with Gasteiger partial charge >= 0.3 is 5.97 Å². The van der Waals surface area contributed by atoms with E-state index in [0.717, 1.165) is 12.0 Å². The largest absolute Gasteiger partial charge is 0.478 e. The van der Waals surface area contributed by atoms with Gasteiger partial charge in [-0.2, -0.15) is 0 Å². The van der Waals surface area contributed by atoms with Gasteiger partial charge in [0.25, 0.3) is 0 Å². The number of rotatable bonds is 5. The third kappa shape index (κ3) is 3.31. The SMILES string of the molecule is Cc1oc(CN(C)C(=O)[C@H]2C[C@H]2c2cccc(Cl)c2)cc1C(=O)O. The molecule has 0 saturated heterocycles. The lowest BCUT2D eigenvalue weighted by atomic mass is 10.1. The number of furan rings is 1. The van der Waals surface area contributed by atoms with Crippen molar-refractivity contribution in [3.8, 4) is 0 Å². The number of carboxylic acids is 1. The lowest BCUT2D eigenvalue weighted by Gasteiger charge is -2.15. The zero-order chi connectivity index (χ0) is 17.4. The number of carboxylic acid groups (broad SMARTS) is 1. The van der Waals surface area contributed by atoms with E-state index in [9.17, 15) is 9.59 Å². The van der Waals surface area contributed by atoms with Crippen LogP contribution < -0.4 is 0 Å². The molecule has 0 spiro atoms. The van der Waals surface area contributed by atoms with Gasteiger partial charge in [-0.05, 0) is 43.0 Å². The molecule has 1 heterocycles. The van der Waals surface area contributed by atoms with Crippen molar-refractivity contribution in [3.63, 3.8) is 0 Å². The van der Waals surface area contributed by atoms with Crippen LogP contribution in [0.15, 0.2) is 34.7 Å². The highest BCUT2D eigenvalue weighted by atomic mass is 35.5. The number of carbonyl (C=O) groups excluding carboxylic acids is 1. The molecule has 0 unspecified atom stereocenters. The molecule has 5 nitrogen and oxygen atoms in total. The van der Waals surface area contributed by atoms with Gasteiger partial charge in [-0.1, -0.05) is 23.7 Å². The van der Waals surface area contributed by atoms with Gasteiger partial charge in [-0.15, -0.1) is 0 Å². The van der Waals surface area contributed by atoms with Crippen molar-refractivity contribution >= 4 is 23.5 Å². The molecule has 1 aliphatic carbocycles. The first kappa shape index (κ1) is 16.6. The molecule has 2 aromatic rings. The highest BCUT2D eigenvalue weighted by molar-refractivity contribution is 6.30. The fourth-order valence-electron chi connectivity index (χ4n) is 3.00. The summed E-state index contributed by atoms with van der Waals surface area (Å²) >= 11 is 6.00. The first-order valence-corrected chi connectivity index (χ1v) is 8.07. The van der Waals surface area contributed by atoms with Crippen molar-refractivity contribution in [2.75, 3.05) is 7.05 Å². The third-order valence-electron chi connectivity index (χ3n) is 4.35. The van der Waals surface area contributed by atoms with E-state index in [-0.39, 0.29) is 29.9 Å². The lowest BCUT2D eigenvalue weighted by Crippen LogP contribution is -2.27. The average molecular weight is 348 g/mol. The molecule has 0 aliphatic heterocycles. The van der Waals surface area contributed by atoms with Gasteiger partial charge in [0, 0.05) is 18.0 Å². The molecule has 1 fully saturated rings. The summed E-state index contributed by atoms with van der Waals surface area (Å²) in [4.78, 5) is 25.2. The van der Waals surface area contributed by atoms with E-state index < -0.39 is 5.97 Å². The Morgan fingerprint density at radius 3 is 2.75 bits per heavy atom. The number of amides is 1. The minimum absolute atomic E-state index is 0.0332. The molecular weight excluding hydrogens is 330 g/mol. The molecule has 1 N–H and O–H groups in total. The summed E-state index contributed by atoms with van der Waals surface area (Å²) in [7, 11) is 1.70. The predicted molar refractivity (Wildman–Crippen MR) is 89.2 cm³/mol. The molecule has 0 radical (unpaired) electrons. The Labute approximate surface area is 144 Å². The topological polar surface area (TPSA) is 70.8 Å². The Kier molecular flexibility index (Phi) is 4.37. The number of aromatic carboxylic acids is 1. The van der Waals surface area contributed by atoms with Crippen molar-refractivity contribution in [2.45, 2.75) is 25.8 Å². The molecule has 1 aliphatic rings. The second-order valence-corrected chi connectivity index (χ2v) is 6.62. The van der Waals surface area contributed by atoms with E-state index in [1.165, 1.54) is 6.07 Å². The zero-order valence-corrected chi connectivity index (χ0v) is 14.2. The molecule has 1 aromatic heterocycles. The molecule has 126 valence electrons. The van der Waals surface area contributed by atoms with Gasteiger partial charge in [0.1, 0.15) is 17.1 Å². The number of hydrogen-bond donors (Lipinski definition) is 1. The normalized spacial score (nSPS) is 19.1. The summed E-state index contributed by atoms with van der Waals surface area (Å²) in [6, 6.07) is 9.06. The van der Waals surface area contributed by atoms with Crippen molar-refractivity contribution in [1.29, 1.82) is 0 Å². The first-order valence-electron chi connectivity index (χ1n) is 7.70. The molecule has 24 heavy (non-hydrogen) atoms. The van der Waals surface area contributed by atoms with E-state index in [4.69, 9.17) is 21.1 Å². The second kappa shape index (κ2) is 6.32. The van der Waals surface area contributed by atoms with Crippen LogP contribution >= 0.6 is 11.6 Å². The molecule has 2 atom stereocenters. The fraction of sp³-hybridized carbons (Fsp3) is 0.333. The quantitative estimate of drug-likeness (QED) is 0.895. The number of carbonyl (C=O) groups is 2. The first-order chi connectivity index (χ1) is 11.4. The van der Waals surface area contributed by atoms with Crippen LogP contribution in [0.3, 0.4) is 0 Å². The molecule has 1 aromatic carbocycles. The number of hydrogen-bond acceptors (Lipinski definition) is 3. The average Bonchev–Trinajstić information content (AvgIpc) is 3.23. The van der Waals surface area contributed by atoms with Crippen LogP contribution in [0.5, 0.6) is 0 Å². The Hall–Kier alpha value is -2.27. The van der Waals surface area contributed by atoms with E-state index >= 15 is 0 Å². The predicted octanol–water partition coefficient (Wildman–Crippen LogP) is 3.70. The molecule has 6 heteroatoms. The maximum Gasteiger partial charge on any atom is 0.339 e. The van der Waals surface area contributed by atoms with Crippen LogP contribution in [-0.2, 0) is 11.3 Å². The van der Waals surface area contributed by atoms with Gasteiger partial charge in [0.05, 0.1) is 6.54 Å². The number of nitrogens with zero attached hydrogens (tertiary/aromatic N) is 1. The smallest absolute Gasteiger partial charge is 0.339 e. The molecule has 1 amide bonds. The van der Waals surface area contributed by atoms with Crippen LogP contribution in [0, 0.1) is 12.8 Å². The molecular formula is C18H18ClNO4. The summed E-state index contributed by atoms with van der Waals surface area (Å²) in [5.74, 6) is -0.0251. The van der Waals surface area contributed by atoms with Crippen molar-refractivity contribution in [2.24, 2.45) is 5.92 Å². The van der Waals surface area contributed by atoms with E-state index in [1.54, 1.807) is 18.9 Å². The van der Waals surface area contributed by atoms with Crippen molar-refractivity contribution in [1.82, 2.24) is 4.90 Å². The number of halogens is 1. The minimum atomic E-state index is -1.03. The Morgan fingerprint density at radius 2 is 2.12 bits per heavy atom. The third-order valence-corrected chi connectivity index (χ3v) is 4.59. The highest BCUT2D eigenvalue weighted by Gasteiger charge is 2.45. The second-order valence-electron chi connectivity index (χ2n) is 6.19. The van der Waals surface area contributed by atoms with Gasteiger partial charge in [-0.25, -0.2) is 4.79 Å². The van der Waals surface area contributed by atoms with Crippen LogP contribution in [0.25, 0.3) is 0 Å². The highest BCUT2D eigenvalue weighted by Crippen LogP contribution is 2.48. The van der Waals surface area contributed by atoms with E-state index in [2.05, 4.69) is 0 Å². The van der Waals surface area contributed by atoms with Gasteiger partial charge in [-0.3, -0.25) is 4.79 Å². The molecule has 3 rings (SSSR count). The van der Waals surface area contributed by atoms with Crippen LogP contribution in [-0.4, -0.2) is 28.9 Å². The monoisotopic (exact) mass is 347 g/mol. The van der Waals surface area contributed by atoms with E-state index in [0.29, 0.717) is 16.5 Å². The van der Waals surface area contributed by atoms with Crippen LogP contribution in [0.2, 0.25) is 5.02 Å². The van der Waals surface area contributed by atoms with Gasteiger partial charge < -0.3 is 14.4 Å². The van der Waals surface area contributed by atoms with Crippen LogP contribution in [0.4, 0.5) is 0 Å². The fourth-order valence-corrected chi connectivity index (χ4v) is 3.20. The Balaban J connectivity index is 1.64. The van der Waals surface area contributed by atoms with Crippen LogP contribution in [0.1, 0.15) is 39.8 Å². The minimum Gasteiger partial charge on any atom is -0.478 e. The van der Waals surface area contributed by atoms with Gasteiger partial charge in [0.15, 0.2) is 0 Å². The molecule has 1 saturated carbocycles. The van der Waals surface area contributed by atoms with E-state index in [1.807, 2.05) is 24.3 Å². The number of aryl methyl sites for hydroxylation is 1. The standard InChI is InChI=1S/C18H18ClNO4/c1-10-14(18(22)23)7-13(24-10)9-20(2)17(21)16-8-15(16)11-4-3-5-12(19)6-11/h3-7,15-16H,8-9H2,1-2H3,(H,22,23)/t15-,16-/m0/s1. The van der Waals surface area contributed by atoms with Crippen molar-refractivity contribution in [3.05, 3.63) is 58.0 Å². The Bertz CT molecular complexity index is 798. The summed E-state index contributed by atoms with van der Waals surface area (Å²) in [5.41, 5.74) is 1.21. The maximum absolute atomic E-state index is 12.5. The summed E-state index contributed by atoms with van der Waals surface area (Å²) in [6.07, 6.45) is 0.807. The van der Waals surface area contributed by atoms with Crippen molar-refractivity contribution < 1.29 is 19.1 Å². The molecule has 0 bridgehead atoms. The summed E-state index contributed by atoms with van der Waals surface area (Å²) < 4.78 is 5.43. The lowest BCUT2D eigenvalue weighted by molar-refractivity contribution is -0.132. The Morgan fingerprint density at radius 1 is 1.38 bits per heavy atom. The summed E-state index contributed by atoms with van der Waals surface area (Å²) in [6.45, 7) is 1.86.